The number of benzene rings is 2. The summed E-state index contributed by atoms with van der Waals surface area (Å²) in [4.78, 5) is 14.7. The number of hydrogen-bond donors (Lipinski definition) is 0. The molecule has 1 unspecified atom stereocenters. The smallest absolute Gasteiger partial charge is 0.254 e. The molecule has 0 aromatic heterocycles. The number of rotatable bonds is 6. The number of carbonyl (C=O) groups is 1. The zero-order chi connectivity index (χ0) is 19.2. The lowest BCUT2D eigenvalue weighted by atomic mass is 10.1. The number of ether oxygens (including phenoxy) is 4. The molecule has 1 amide bonds. The highest BCUT2D eigenvalue weighted by Gasteiger charge is 2.25. The molecule has 0 bridgehead atoms. The second-order valence-corrected chi connectivity index (χ2v) is 6.42. The molecule has 27 heavy (non-hydrogen) atoms. The van der Waals surface area contributed by atoms with E-state index in [4.69, 9.17) is 18.9 Å². The molecule has 2 aromatic carbocycles. The van der Waals surface area contributed by atoms with Crippen molar-refractivity contribution in [3.63, 3.8) is 0 Å². The van der Waals surface area contributed by atoms with E-state index in [9.17, 15) is 4.79 Å². The van der Waals surface area contributed by atoms with Gasteiger partial charge in [-0.15, -0.1) is 0 Å². The Bertz CT molecular complexity index is 752. The average Bonchev–Trinajstić information content (AvgIpc) is 2.71. The highest BCUT2D eigenvalue weighted by atomic mass is 16.5. The van der Waals surface area contributed by atoms with Crippen molar-refractivity contribution >= 4 is 5.91 Å². The lowest BCUT2D eigenvalue weighted by molar-refractivity contribution is -0.0124. The lowest BCUT2D eigenvalue weighted by Crippen LogP contribution is -2.44. The van der Waals surface area contributed by atoms with Gasteiger partial charge in [0, 0.05) is 18.7 Å². The molecule has 6 heteroatoms. The summed E-state index contributed by atoms with van der Waals surface area (Å²) in [5.41, 5.74) is 1.54. The van der Waals surface area contributed by atoms with E-state index in [2.05, 4.69) is 0 Å². The summed E-state index contributed by atoms with van der Waals surface area (Å²) in [6, 6.07) is 13.2. The van der Waals surface area contributed by atoms with Gasteiger partial charge >= 0.3 is 0 Å². The van der Waals surface area contributed by atoms with Crippen LogP contribution in [0.4, 0.5) is 0 Å². The first kappa shape index (κ1) is 19.0. The summed E-state index contributed by atoms with van der Waals surface area (Å²) in [6.45, 7) is 4.01. The van der Waals surface area contributed by atoms with Gasteiger partial charge in [-0.3, -0.25) is 4.79 Å². The highest BCUT2D eigenvalue weighted by Crippen LogP contribution is 2.39. The van der Waals surface area contributed by atoms with Gasteiger partial charge < -0.3 is 23.8 Å². The fourth-order valence-corrected chi connectivity index (χ4v) is 3.06. The molecule has 0 aliphatic carbocycles. The average molecular weight is 371 g/mol. The number of nitrogens with zero attached hydrogens (tertiary/aromatic N) is 1. The van der Waals surface area contributed by atoms with Gasteiger partial charge in [-0.05, 0) is 24.6 Å². The Hall–Kier alpha value is -2.73. The maximum atomic E-state index is 12.9. The van der Waals surface area contributed by atoms with Gasteiger partial charge in [-0.25, -0.2) is 0 Å². The van der Waals surface area contributed by atoms with E-state index < -0.39 is 0 Å². The van der Waals surface area contributed by atoms with E-state index in [0.29, 0.717) is 49.1 Å². The minimum Gasteiger partial charge on any atom is -0.493 e. The summed E-state index contributed by atoms with van der Waals surface area (Å²) in [6.07, 6.45) is 0.0278. The number of hydrogen-bond acceptors (Lipinski definition) is 5. The number of amides is 1. The zero-order valence-corrected chi connectivity index (χ0v) is 15.9. The Labute approximate surface area is 159 Å². The third-order valence-corrected chi connectivity index (χ3v) is 4.46. The van der Waals surface area contributed by atoms with Crippen molar-refractivity contribution in [1.29, 1.82) is 0 Å². The minimum absolute atomic E-state index is 0.0278. The van der Waals surface area contributed by atoms with Gasteiger partial charge in [-0.1, -0.05) is 30.3 Å². The summed E-state index contributed by atoms with van der Waals surface area (Å²) in [5.74, 6) is 1.34. The van der Waals surface area contributed by atoms with Crippen LogP contribution in [0.5, 0.6) is 17.2 Å². The molecule has 0 radical (unpaired) electrons. The van der Waals surface area contributed by atoms with Crippen LogP contribution >= 0.6 is 0 Å². The van der Waals surface area contributed by atoms with Crippen LogP contribution in [0.2, 0.25) is 0 Å². The van der Waals surface area contributed by atoms with Crippen LogP contribution in [0, 0.1) is 0 Å². The van der Waals surface area contributed by atoms with Gasteiger partial charge in [-0.2, -0.15) is 0 Å². The van der Waals surface area contributed by atoms with Gasteiger partial charge in [0.1, 0.15) is 6.61 Å². The maximum absolute atomic E-state index is 12.9. The van der Waals surface area contributed by atoms with Crippen LogP contribution in [0.3, 0.4) is 0 Å². The summed E-state index contributed by atoms with van der Waals surface area (Å²) < 4.78 is 22.4. The SMILES string of the molecule is COc1cc(C(=O)N2CCOC(C)C2)cc(OC)c1OCc1ccccc1. The standard InChI is InChI=1S/C21H25NO5/c1-15-13-22(9-10-26-15)21(23)17-11-18(24-2)20(19(12-17)25-3)27-14-16-7-5-4-6-8-16/h4-8,11-12,15H,9-10,13-14H2,1-3H3. The fraction of sp³-hybridized carbons (Fsp3) is 0.381. The molecule has 3 rings (SSSR count). The van der Waals surface area contributed by atoms with Crippen molar-refractivity contribution in [2.45, 2.75) is 19.6 Å². The van der Waals surface area contributed by atoms with Crippen molar-refractivity contribution in [3.8, 4) is 17.2 Å². The number of methoxy groups -OCH3 is 2. The molecule has 1 aliphatic rings. The Morgan fingerprint density at radius 1 is 1.15 bits per heavy atom. The molecular formula is C21H25NO5. The predicted octanol–water partition coefficient (Wildman–Crippen LogP) is 3.14. The Morgan fingerprint density at radius 2 is 1.81 bits per heavy atom. The third kappa shape index (κ3) is 4.52. The third-order valence-electron chi connectivity index (χ3n) is 4.46. The first-order valence-electron chi connectivity index (χ1n) is 8.96. The van der Waals surface area contributed by atoms with Crippen LogP contribution in [0.25, 0.3) is 0 Å². The highest BCUT2D eigenvalue weighted by molar-refractivity contribution is 5.95. The first-order valence-corrected chi connectivity index (χ1v) is 8.96. The second-order valence-electron chi connectivity index (χ2n) is 6.42. The summed E-state index contributed by atoms with van der Waals surface area (Å²) in [7, 11) is 3.10. The van der Waals surface area contributed by atoms with Crippen molar-refractivity contribution in [2.24, 2.45) is 0 Å². The van der Waals surface area contributed by atoms with Crippen molar-refractivity contribution in [2.75, 3.05) is 33.9 Å². The second kappa shape index (κ2) is 8.77. The molecule has 144 valence electrons. The maximum Gasteiger partial charge on any atom is 0.254 e. The molecule has 0 saturated carbocycles. The topological polar surface area (TPSA) is 57.2 Å². The molecule has 1 saturated heterocycles. The van der Waals surface area contributed by atoms with Crippen LogP contribution in [-0.4, -0.2) is 50.8 Å². The largest absolute Gasteiger partial charge is 0.493 e. The molecule has 1 fully saturated rings. The molecule has 1 aliphatic heterocycles. The van der Waals surface area contributed by atoms with Crippen molar-refractivity contribution in [1.82, 2.24) is 4.90 Å². The predicted molar refractivity (Wildman–Crippen MR) is 102 cm³/mol. The van der Waals surface area contributed by atoms with Gasteiger partial charge in [0.15, 0.2) is 11.5 Å². The van der Waals surface area contributed by atoms with E-state index in [1.807, 2.05) is 37.3 Å². The number of carbonyl (C=O) groups excluding carboxylic acids is 1. The summed E-state index contributed by atoms with van der Waals surface area (Å²) >= 11 is 0. The van der Waals surface area contributed by atoms with E-state index in [-0.39, 0.29) is 12.0 Å². The van der Waals surface area contributed by atoms with Crippen LogP contribution < -0.4 is 14.2 Å². The Balaban J connectivity index is 1.84. The van der Waals surface area contributed by atoms with E-state index in [1.165, 1.54) is 0 Å². The van der Waals surface area contributed by atoms with E-state index in [1.54, 1.807) is 31.3 Å². The molecule has 0 spiro atoms. The molecule has 6 nitrogen and oxygen atoms in total. The van der Waals surface area contributed by atoms with Crippen LogP contribution in [0.15, 0.2) is 42.5 Å². The summed E-state index contributed by atoms with van der Waals surface area (Å²) in [5, 5.41) is 0. The quantitative estimate of drug-likeness (QED) is 0.781. The van der Waals surface area contributed by atoms with Gasteiger partial charge in [0.2, 0.25) is 5.75 Å². The van der Waals surface area contributed by atoms with E-state index >= 15 is 0 Å². The Kier molecular flexibility index (Phi) is 6.19. The molecular weight excluding hydrogens is 346 g/mol. The molecule has 1 heterocycles. The van der Waals surface area contributed by atoms with Gasteiger partial charge in [0.05, 0.1) is 26.9 Å². The van der Waals surface area contributed by atoms with Crippen LogP contribution in [-0.2, 0) is 11.3 Å². The molecule has 0 N–H and O–H groups in total. The Morgan fingerprint density at radius 3 is 2.41 bits per heavy atom. The lowest BCUT2D eigenvalue weighted by Gasteiger charge is -2.31. The minimum atomic E-state index is -0.0728. The van der Waals surface area contributed by atoms with Crippen LogP contribution in [0.1, 0.15) is 22.8 Å². The molecule has 2 aromatic rings. The van der Waals surface area contributed by atoms with E-state index in [0.717, 1.165) is 5.56 Å². The van der Waals surface area contributed by atoms with Gasteiger partial charge in [0.25, 0.3) is 5.91 Å². The first-order chi connectivity index (χ1) is 13.1. The zero-order valence-electron chi connectivity index (χ0n) is 15.9. The van der Waals surface area contributed by atoms with Crippen molar-refractivity contribution < 1.29 is 23.7 Å². The molecule has 1 atom stereocenters. The number of morpholine rings is 1. The van der Waals surface area contributed by atoms with Crippen molar-refractivity contribution in [3.05, 3.63) is 53.6 Å². The monoisotopic (exact) mass is 371 g/mol. The fourth-order valence-electron chi connectivity index (χ4n) is 3.06. The normalized spacial score (nSPS) is 16.7.